The van der Waals surface area contributed by atoms with Crippen LogP contribution >= 0.6 is 11.3 Å². The largest absolute Gasteiger partial charge is 0.484 e. The summed E-state index contributed by atoms with van der Waals surface area (Å²) < 4.78 is 5.57. The van der Waals surface area contributed by atoms with Gasteiger partial charge >= 0.3 is 0 Å². The third kappa shape index (κ3) is 7.37. The van der Waals surface area contributed by atoms with Gasteiger partial charge in [0, 0.05) is 29.1 Å². The van der Waals surface area contributed by atoms with Gasteiger partial charge in [0.2, 0.25) is 0 Å². The van der Waals surface area contributed by atoms with E-state index in [9.17, 15) is 9.59 Å². The van der Waals surface area contributed by atoms with E-state index >= 15 is 0 Å². The van der Waals surface area contributed by atoms with Crippen LogP contribution in [-0.2, 0) is 17.6 Å². The summed E-state index contributed by atoms with van der Waals surface area (Å²) in [6.45, 7) is 1.35. The fraction of sp³-hybridized carbons (Fsp3) is 0.296. The highest BCUT2D eigenvalue weighted by molar-refractivity contribution is 7.15. The number of carbonyl (C=O) groups is 2. The number of aromatic nitrogens is 1. The fourth-order valence-corrected chi connectivity index (χ4v) is 5.11. The Morgan fingerprint density at radius 2 is 1.97 bits per heavy atom. The molecule has 9 nitrogen and oxygen atoms in total. The van der Waals surface area contributed by atoms with Crippen molar-refractivity contribution in [3.63, 3.8) is 0 Å². The van der Waals surface area contributed by atoms with Crippen molar-refractivity contribution in [1.82, 2.24) is 10.3 Å². The van der Waals surface area contributed by atoms with Gasteiger partial charge in [-0.15, -0.1) is 11.3 Å². The van der Waals surface area contributed by atoms with Crippen LogP contribution in [0.4, 0.5) is 10.8 Å². The van der Waals surface area contributed by atoms with Crippen LogP contribution in [0.15, 0.2) is 48.5 Å². The van der Waals surface area contributed by atoms with Crippen LogP contribution < -0.4 is 20.7 Å². The zero-order valence-electron chi connectivity index (χ0n) is 20.1. The minimum Gasteiger partial charge on any atom is -0.484 e. The second kappa shape index (κ2) is 12.6. The average Bonchev–Trinajstić information content (AvgIpc) is 3.32. The number of nitrogens with zero attached hydrogens (tertiary/aromatic N) is 3. The number of benzene rings is 2. The van der Waals surface area contributed by atoms with E-state index in [2.05, 4.69) is 27.0 Å². The average molecular weight is 515 g/mol. The van der Waals surface area contributed by atoms with Gasteiger partial charge in [0.25, 0.3) is 11.8 Å². The number of carbonyl (C=O) groups excluding carboxylic acids is 2. The highest BCUT2D eigenvalue weighted by Gasteiger charge is 2.23. The third-order valence-corrected chi connectivity index (χ3v) is 6.91. The fourth-order valence-electron chi connectivity index (χ4n) is 3.99. The van der Waals surface area contributed by atoms with Crippen LogP contribution in [0.2, 0.25) is 0 Å². The van der Waals surface area contributed by atoms with Crippen molar-refractivity contribution >= 4 is 34.0 Å². The van der Waals surface area contributed by atoms with E-state index in [-0.39, 0.29) is 18.4 Å². The molecule has 1 aliphatic rings. The number of nitrogens with one attached hydrogen (secondary N) is 3. The number of aryl methyl sites for hydroxylation is 1. The quantitative estimate of drug-likeness (QED) is 0.349. The zero-order valence-corrected chi connectivity index (χ0v) is 20.9. The lowest BCUT2D eigenvalue weighted by atomic mass is 9.91. The van der Waals surface area contributed by atoms with E-state index in [1.54, 1.807) is 48.5 Å². The number of rotatable bonds is 10. The Bertz CT molecular complexity index is 1340. The molecule has 37 heavy (non-hydrogen) atoms. The Kier molecular flexibility index (Phi) is 8.82. The molecular formula is C27H26N6O3S. The monoisotopic (exact) mass is 514 g/mol. The number of ether oxygens (including phenoxy) is 1. The molecule has 0 saturated heterocycles. The van der Waals surface area contributed by atoms with Crippen LogP contribution in [0.1, 0.15) is 39.3 Å². The number of amides is 2. The minimum absolute atomic E-state index is 0.225. The molecule has 1 unspecified atom stereocenters. The first-order valence-corrected chi connectivity index (χ1v) is 12.8. The number of thiazole rings is 1. The maximum atomic E-state index is 12.8. The second-order valence-electron chi connectivity index (χ2n) is 8.62. The van der Waals surface area contributed by atoms with Crippen molar-refractivity contribution < 1.29 is 14.3 Å². The molecule has 1 heterocycles. The molecule has 0 fully saturated rings. The Balaban J connectivity index is 1.28. The normalized spacial score (nSPS) is 14.1. The van der Waals surface area contributed by atoms with Crippen LogP contribution in [0.25, 0.3) is 0 Å². The summed E-state index contributed by atoms with van der Waals surface area (Å²) in [6, 6.07) is 17.3. The van der Waals surface area contributed by atoms with Gasteiger partial charge in [-0.2, -0.15) is 10.5 Å². The molecule has 3 aromatic rings. The van der Waals surface area contributed by atoms with E-state index in [1.165, 1.54) is 16.2 Å². The minimum atomic E-state index is -0.355. The van der Waals surface area contributed by atoms with Gasteiger partial charge in [0.05, 0.1) is 23.4 Å². The van der Waals surface area contributed by atoms with Gasteiger partial charge in [-0.1, -0.05) is 6.07 Å². The van der Waals surface area contributed by atoms with Gasteiger partial charge in [-0.25, -0.2) is 4.98 Å². The molecule has 1 aliphatic carbocycles. The van der Waals surface area contributed by atoms with Crippen molar-refractivity contribution in [1.29, 1.82) is 10.5 Å². The Morgan fingerprint density at radius 1 is 1.14 bits per heavy atom. The van der Waals surface area contributed by atoms with Crippen LogP contribution in [0.3, 0.4) is 0 Å². The van der Waals surface area contributed by atoms with Gasteiger partial charge in [-0.3, -0.25) is 14.9 Å². The number of nitriles is 2. The molecule has 2 amide bonds. The van der Waals surface area contributed by atoms with Gasteiger partial charge in [-0.05, 0) is 74.2 Å². The van der Waals surface area contributed by atoms with Crippen LogP contribution in [0.5, 0.6) is 5.75 Å². The SMILES string of the molecule is N#CCCNCC1CCc2nc(NC(=O)c3cccc(OCC(=O)Nc4ccc(C#N)cc4)c3)sc2C1. The summed E-state index contributed by atoms with van der Waals surface area (Å²) in [5.74, 6) is 0.241. The first-order chi connectivity index (χ1) is 18.0. The predicted octanol–water partition coefficient (Wildman–Crippen LogP) is 3.89. The maximum Gasteiger partial charge on any atom is 0.262 e. The molecule has 3 N–H and O–H groups in total. The first-order valence-electron chi connectivity index (χ1n) is 11.9. The molecule has 0 saturated carbocycles. The summed E-state index contributed by atoms with van der Waals surface area (Å²) in [6.07, 6.45) is 3.32. The molecule has 0 bridgehead atoms. The summed E-state index contributed by atoms with van der Waals surface area (Å²) in [5.41, 5.74) is 2.51. The van der Waals surface area contributed by atoms with E-state index < -0.39 is 0 Å². The summed E-state index contributed by atoms with van der Waals surface area (Å²) in [7, 11) is 0. The number of anilines is 2. The Hall–Kier alpha value is -4.25. The van der Waals surface area contributed by atoms with Crippen molar-refractivity contribution in [2.24, 2.45) is 5.92 Å². The Morgan fingerprint density at radius 3 is 2.76 bits per heavy atom. The zero-order chi connectivity index (χ0) is 26.0. The van der Waals surface area contributed by atoms with Gasteiger partial charge in [0.1, 0.15) is 5.75 Å². The van der Waals surface area contributed by atoms with Crippen molar-refractivity contribution in [2.45, 2.75) is 25.7 Å². The molecular weight excluding hydrogens is 488 g/mol. The van der Waals surface area contributed by atoms with Crippen LogP contribution in [0, 0.1) is 28.6 Å². The van der Waals surface area contributed by atoms with Gasteiger partial charge in [0.15, 0.2) is 11.7 Å². The summed E-state index contributed by atoms with van der Waals surface area (Å²) in [4.78, 5) is 30.9. The van der Waals surface area contributed by atoms with Crippen LogP contribution in [-0.4, -0.2) is 36.5 Å². The summed E-state index contributed by atoms with van der Waals surface area (Å²) >= 11 is 1.50. The molecule has 1 atom stereocenters. The standard InChI is InChI=1S/C27H26N6O3S/c28-11-2-12-30-16-19-7-10-23-24(13-19)37-27(32-23)33-26(35)20-3-1-4-22(14-20)36-17-25(34)31-21-8-5-18(15-29)6-9-21/h1,3-6,8-9,14,19,30H,2,7,10,12-13,16-17H2,(H,31,34)(H,32,33,35). The van der Waals surface area contributed by atoms with E-state index in [0.29, 0.717) is 46.6 Å². The molecule has 0 radical (unpaired) electrons. The highest BCUT2D eigenvalue weighted by Crippen LogP contribution is 2.32. The lowest BCUT2D eigenvalue weighted by Gasteiger charge is -2.21. The molecule has 1 aromatic heterocycles. The molecule has 0 aliphatic heterocycles. The maximum absolute atomic E-state index is 12.8. The first kappa shape index (κ1) is 25.8. The topological polar surface area (TPSA) is 140 Å². The Labute approximate surface area is 219 Å². The molecule has 10 heteroatoms. The van der Waals surface area contributed by atoms with E-state index in [4.69, 9.17) is 15.3 Å². The van der Waals surface area contributed by atoms with Crippen molar-refractivity contribution in [2.75, 3.05) is 30.3 Å². The van der Waals surface area contributed by atoms with Gasteiger partial charge < -0.3 is 15.4 Å². The molecule has 0 spiro atoms. The number of fused-ring (bicyclic) bond motifs is 1. The summed E-state index contributed by atoms with van der Waals surface area (Å²) in [5, 5.41) is 27.0. The molecule has 188 valence electrons. The highest BCUT2D eigenvalue weighted by atomic mass is 32.1. The predicted molar refractivity (Wildman–Crippen MR) is 140 cm³/mol. The van der Waals surface area contributed by atoms with Crippen molar-refractivity contribution in [3.8, 4) is 17.9 Å². The molecule has 4 rings (SSSR count). The molecule has 2 aromatic carbocycles. The third-order valence-electron chi connectivity index (χ3n) is 5.87. The number of hydrogen-bond acceptors (Lipinski definition) is 8. The lowest BCUT2D eigenvalue weighted by molar-refractivity contribution is -0.118. The number of hydrogen-bond donors (Lipinski definition) is 3. The van der Waals surface area contributed by atoms with Crippen molar-refractivity contribution in [3.05, 3.63) is 70.2 Å². The second-order valence-corrected chi connectivity index (χ2v) is 9.70. The van der Waals surface area contributed by atoms with E-state index in [1.807, 2.05) is 6.07 Å². The lowest BCUT2D eigenvalue weighted by Crippen LogP contribution is -2.27. The van der Waals surface area contributed by atoms with E-state index in [0.717, 1.165) is 31.5 Å². The smallest absolute Gasteiger partial charge is 0.262 e.